The number of carbonyl (C=O) groups excluding carboxylic acids is 1. The number of anilines is 1. The first-order chi connectivity index (χ1) is 11.2. The predicted octanol–water partition coefficient (Wildman–Crippen LogP) is 1.92. The smallest absolute Gasteiger partial charge is 0.337 e. The summed E-state index contributed by atoms with van der Waals surface area (Å²) in [6.45, 7) is 4.33. The van der Waals surface area contributed by atoms with Gasteiger partial charge in [0.2, 0.25) is 5.89 Å². The first-order valence-corrected chi connectivity index (χ1v) is 7.24. The number of aliphatic carboxylic acids is 1. The van der Waals surface area contributed by atoms with Crippen molar-refractivity contribution in [1.29, 1.82) is 0 Å². The number of aryl methyl sites for hydroxylation is 2. The molecule has 1 aromatic heterocycles. The van der Waals surface area contributed by atoms with Crippen LogP contribution in [0.5, 0.6) is 0 Å². The van der Waals surface area contributed by atoms with Gasteiger partial charge in [-0.3, -0.25) is 0 Å². The zero-order chi connectivity index (χ0) is 17.9. The molecule has 1 unspecified atom stereocenters. The Balaban J connectivity index is 2.04. The third kappa shape index (κ3) is 4.11. The molecule has 1 atom stereocenters. The number of carboxylic acids is 1. The van der Waals surface area contributed by atoms with Crippen molar-refractivity contribution >= 4 is 17.7 Å². The Kier molecular flexibility index (Phi) is 4.89. The largest absolute Gasteiger partial charge is 0.479 e. The van der Waals surface area contributed by atoms with E-state index >= 15 is 0 Å². The number of carbonyl (C=O) groups is 2. The molecule has 8 nitrogen and oxygen atoms in total. The molecular formula is C16H19N3O5. The van der Waals surface area contributed by atoms with Crippen LogP contribution in [0.1, 0.15) is 18.4 Å². The van der Waals surface area contributed by atoms with Crippen molar-refractivity contribution in [3.63, 3.8) is 0 Å². The Morgan fingerprint density at radius 1 is 1.33 bits per heavy atom. The van der Waals surface area contributed by atoms with E-state index in [0.717, 1.165) is 18.4 Å². The van der Waals surface area contributed by atoms with Crippen LogP contribution in [0.4, 0.5) is 10.5 Å². The van der Waals surface area contributed by atoms with Crippen LogP contribution in [-0.2, 0) is 4.79 Å². The van der Waals surface area contributed by atoms with Crippen LogP contribution in [0, 0.1) is 13.8 Å². The third-order valence-electron chi connectivity index (χ3n) is 3.45. The van der Waals surface area contributed by atoms with Gasteiger partial charge in [-0.1, -0.05) is 6.07 Å². The minimum atomic E-state index is -2.04. The number of benzene rings is 1. The number of amides is 2. The van der Waals surface area contributed by atoms with E-state index in [-0.39, 0.29) is 0 Å². The van der Waals surface area contributed by atoms with Crippen molar-refractivity contribution in [3.05, 3.63) is 35.7 Å². The lowest BCUT2D eigenvalue weighted by molar-refractivity contribution is -0.155. The monoisotopic (exact) mass is 333 g/mol. The fourth-order valence-corrected chi connectivity index (χ4v) is 1.83. The lowest BCUT2D eigenvalue weighted by Gasteiger charge is -2.18. The summed E-state index contributed by atoms with van der Waals surface area (Å²) >= 11 is 0. The Hall–Kier alpha value is -2.87. The highest BCUT2D eigenvalue weighted by molar-refractivity contribution is 5.90. The summed E-state index contributed by atoms with van der Waals surface area (Å²) in [5.74, 6) is -0.251. The van der Waals surface area contributed by atoms with Crippen molar-refractivity contribution in [2.24, 2.45) is 0 Å². The topological polar surface area (TPSA) is 125 Å². The summed E-state index contributed by atoms with van der Waals surface area (Å²) in [6, 6.07) is 6.24. The Bertz CT molecular complexity index is 747. The molecule has 1 aromatic carbocycles. The average Bonchev–Trinajstić information content (AvgIpc) is 2.85. The SMILES string of the molecule is Cc1nc(-c2cccc(NC(=O)NCC(C)(O)C(=O)O)c2)oc1C. The van der Waals surface area contributed by atoms with Gasteiger partial charge in [-0.15, -0.1) is 0 Å². The van der Waals surface area contributed by atoms with Crippen LogP contribution in [-0.4, -0.2) is 39.3 Å². The highest BCUT2D eigenvalue weighted by Crippen LogP contribution is 2.24. The fraction of sp³-hybridized carbons (Fsp3) is 0.312. The summed E-state index contributed by atoms with van der Waals surface area (Å²) in [5.41, 5.74) is -0.0706. The van der Waals surface area contributed by atoms with Crippen LogP contribution in [0.2, 0.25) is 0 Å². The maximum absolute atomic E-state index is 11.8. The molecule has 128 valence electrons. The molecule has 0 saturated carbocycles. The molecule has 2 amide bonds. The molecule has 1 heterocycles. The number of aromatic nitrogens is 1. The Morgan fingerprint density at radius 2 is 2.04 bits per heavy atom. The van der Waals surface area contributed by atoms with E-state index in [2.05, 4.69) is 15.6 Å². The van der Waals surface area contributed by atoms with Gasteiger partial charge in [-0.05, 0) is 39.0 Å². The summed E-state index contributed by atoms with van der Waals surface area (Å²) in [5, 5.41) is 23.2. The number of nitrogens with one attached hydrogen (secondary N) is 2. The number of carboxylic acid groups (broad SMARTS) is 1. The highest BCUT2D eigenvalue weighted by Gasteiger charge is 2.30. The number of oxazole rings is 1. The predicted molar refractivity (Wildman–Crippen MR) is 86.7 cm³/mol. The highest BCUT2D eigenvalue weighted by atomic mass is 16.4. The number of urea groups is 1. The molecule has 24 heavy (non-hydrogen) atoms. The minimum absolute atomic E-state index is 0.425. The van der Waals surface area contributed by atoms with Crippen LogP contribution >= 0.6 is 0 Å². The third-order valence-corrected chi connectivity index (χ3v) is 3.45. The normalized spacial score (nSPS) is 13.2. The molecule has 0 bridgehead atoms. The summed E-state index contributed by atoms with van der Waals surface area (Å²) in [4.78, 5) is 26.9. The van der Waals surface area contributed by atoms with Gasteiger partial charge in [0.1, 0.15) is 5.76 Å². The molecule has 0 fully saturated rings. The van der Waals surface area contributed by atoms with Gasteiger partial charge in [0, 0.05) is 11.3 Å². The lowest BCUT2D eigenvalue weighted by Crippen LogP contribution is -2.47. The quantitative estimate of drug-likeness (QED) is 0.662. The van der Waals surface area contributed by atoms with Gasteiger partial charge >= 0.3 is 12.0 Å². The molecular weight excluding hydrogens is 314 g/mol. The summed E-state index contributed by atoms with van der Waals surface area (Å²) < 4.78 is 5.54. The van der Waals surface area contributed by atoms with Crippen molar-refractivity contribution in [2.45, 2.75) is 26.4 Å². The second kappa shape index (κ2) is 6.71. The lowest BCUT2D eigenvalue weighted by atomic mass is 10.1. The molecule has 0 aliphatic heterocycles. The van der Waals surface area contributed by atoms with Crippen molar-refractivity contribution in [3.8, 4) is 11.5 Å². The van der Waals surface area contributed by atoms with E-state index in [1.54, 1.807) is 24.3 Å². The van der Waals surface area contributed by atoms with Crippen molar-refractivity contribution in [2.75, 3.05) is 11.9 Å². The average molecular weight is 333 g/mol. The van der Waals surface area contributed by atoms with Gasteiger partial charge in [0.15, 0.2) is 5.60 Å². The minimum Gasteiger partial charge on any atom is -0.479 e. The Morgan fingerprint density at radius 3 is 2.62 bits per heavy atom. The molecule has 0 aliphatic rings. The summed E-state index contributed by atoms with van der Waals surface area (Å²) in [7, 11) is 0. The maximum atomic E-state index is 11.8. The van der Waals surface area contributed by atoms with Crippen molar-refractivity contribution < 1.29 is 24.2 Å². The standard InChI is InChI=1S/C16H19N3O5/c1-9-10(2)24-13(18-9)11-5-4-6-12(7-11)19-15(22)17-8-16(3,23)14(20)21/h4-7,23H,8H2,1-3H3,(H,20,21)(H2,17,19,22). The molecule has 0 saturated heterocycles. The molecule has 2 rings (SSSR count). The zero-order valence-corrected chi connectivity index (χ0v) is 13.6. The molecule has 0 spiro atoms. The number of aliphatic hydroxyl groups is 1. The molecule has 4 N–H and O–H groups in total. The first kappa shape index (κ1) is 17.5. The van der Waals surface area contributed by atoms with Crippen LogP contribution in [0.25, 0.3) is 11.5 Å². The van der Waals surface area contributed by atoms with E-state index in [0.29, 0.717) is 17.1 Å². The van der Waals surface area contributed by atoms with Crippen LogP contribution in [0.3, 0.4) is 0 Å². The van der Waals surface area contributed by atoms with Crippen molar-refractivity contribution in [1.82, 2.24) is 10.3 Å². The maximum Gasteiger partial charge on any atom is 0.337 e. The molecule has 0 aliphatic carbocycles. The van der Waals surface area contributed by atoms with E-state index in [4.69, 9.17) is 9.52 Å². The number of hydrogen-bond acceptors (Lipinski definition) is 5. The second-order valence-corrected chi connectivity index (χ2v) is 5.63. The van der Waals surface area contributed by atoms with Gasteiger partial charge in [0.05, 0.1) is 12.2 Å². The van der Waals surface area contributed by atoms with Gasteiger partial charge in [-0.25, -0.2) is 14.6 Å². The van der Waals surface area contributed by atoms with Gasteiger partial charge < -0.3 is 25.3 Å². The fourth-order valence-electron chi connectivity index (χ4n) is 1.83. The van der Waals surface area contributed by atoms with E-state index in [9.17, 15) is 14.7 Å². The zero-order valence-electron chi connectivity index (χ0n) is 13.6. The number of hydrogen-bond donors (Lipinski definition) is 4. The molecule has 2 aromatic rings. The Labute approximate surface area is 138 Å². The number of nitrogens with zero attached hydrogens (tertiary/aromatic N) is 1. The first-order valence-electron chi connectivity index (χ1n) is 7.24. The van der Waals surface area contributed by atoms with Crippen LogP contribution in [0.15, 0.2) is 28.7 Å². The molecule has 0 radical (unpaired) electrons. The second-order valence-electron chi connectivity index (χ2n) is 5.63. The number of rotatable bonds is 5. The molecule has 8 heteroatoms. The van der Waals surface area contributed by atoms with Gasteiger partial charge in [-0.2, -0.15) is 0 Å². The van der Waals surface area contributed by atoms with E-state index < -0.39 is 24.1 Å². The van der Waals surface area contributed by atoms with Gasteiger partial charge in [0.25, 0.3) is 0 Å². The van der Waals surface area contributed by atoms with E-state index in [1.165, 1.54) is 0 Å². The van der Waals surface area contributed by atoms with E-state index in [1.807, 2.05) is 13.8 Å². The van der Waals surface area contributed by atoms with Crippen LogP contribution < -0.4 is 10.6 Å². The summed E-state index contributed by atoms with van der Waals surface area (Å²) in [6.07, 6.45) is 0.